The SMILES string of the molecule is CCCC(c1cccc(N)c1)S(N)(=O)=O. The van der Waals surface area contributed by atoms with Crippen LogP contribution < -0.4 is 10.9 Å². The highest BCUT2D eigenvalue weighted by molar-refractivity contribution is 7.89. The quantitative estimate of drug-likeness (QED) is 0.764. The molecule has 84 valence electrons. The molecule has 0 saturated carbocycles. The van der Waals surface area contributed by atoms with Crippen LogP contribution in [0.4, 0.5) is 5.69 Å². The third kappa shape index (κ3) is 3.21. The van der Waals surface area contributed by atoms with Crippen molar-refractivity contribution in [2.75, 3.05) is 5.73 Å². The normalized spacial score (nSPS) is 13.7. The highest BCUT2D eigenvalue weighted by Crippen LogP contribution is 2.26. The van der Waals surface area contributed by atoms with Crippen LogP contribution in [0, 0.1) is 0 Å². The number of nitrogen functional groups attached to an aromatic ring is 1. The summed E-state index contributed by atoms with van der Waals surface area (Å²) in [5.41, 5.74) is 6.82. The second-order valence-electron chi connectivity index (χ2n) is 3.54. The van der Waals surface area contributed by atoms with Crippen LogP contribution in [0.5, 0.6) is 0 Å². The predicted octanol–water partition coefficient (Wildman–Crippen LogP) is 1.40. The summed E-state index contributed by atoms with van der Waals surface area (Å²) in [7, 11) is -3.55. The largest absolute Gasteiger partial charge is 0.399 e. The summed E-state index contributed by atoms with van der Waals surface area (Å²) in [6.45, 7) is 1.92. The smallest absolute Gasteiger partial charge is 0.216 e. The molecule has 1 rings (SSSR count). The van der Waals surface area contributed by atoms with Crippen molar-refractivity contribution in [3.8, 4) is 0 Å². The molecule has 0 fully saturated rings. The molecular weight excluding hydrogens is 212 g/mol. The van der Waals surface area contributed by atoms with Crippen LogP contribution in [0.2, 0.25) is 0 Å². The van der Waals surface area contributed by atoms with E-state index < -0.39 is 15.3 Å². The van der Waals surface area contributed by atoms with Gasteiger partial charge >= 0.3 is 0 Å². The van der Waals surface area contributed by atoms with Crippen LogP contribution in [-0.2, 0) is 10.0 Å². The first-order valence-electron chi connectivity index (χ1n) is 4.82. The van der Waals surface area contributed by atoms with E-state index in [1.54, 1.807) is 24.3 Å². The molecule has 0 aliphatic heterocycles. The van der Waals surface area contributed by atoms with Gasteiger partial charge in [-0.25, -0.2) is 13.6 Å². The molecule has 0 heterocycles. The van der Waals surface area contributed by atoms with E-state index in [1.165, 1.54) is 0 Å². The van der Waals surface area contributed by atoms with E-state index in [0.717, 1.165) is 6.42 Å². The molecule has 1 unspecified atom stereocenters. The third-order valence-corrected chi connectivity index (χ3v) is 3.53. The molecule has 0 aliphatic carbocycles. The fourth-order valence-corrected chi connectivity index (χ4v) is 2.63. The highest BCUT2D eigenvalue weighted by Gasteiger charge is 2.22. The van der Waals surface area contributed by atoms with Crippen LogP contribution in [0.3, 0.4) is 0 Å². The number of primary sulfonamides is 1. The molecule has 1 aromatic rings. The van der Waals surface area contributed by atoms with Crippen molar-refractivity contribution in [2.24, 2.45) is 5.14 Å². The Hall–Kier alpha value is -1.07. The predicted molar refractivity (Wildman–Crippen MR) is 61.6 cm³/mol. The van der Waals surface area contributed by atoms with Gasteiger partial charge in [0.15, 0.2) is 0 Å². The Morgan fingerprint density at radius 2 is 2.07 bits per heavy atom. The molecule has 0 radical (unpaired) electrons. The summed E-state index contributed by atoms with van der Waals surface area (Å²) in [6, 6.07) is 6.85. The van der Waals surface area contributed by atoms with Gasteiger partial charge in [-0.3, -0.25) is 0 Å². The number of hydrogen-bond acceptors (Lipinski definition) is 3. The lowest BCUT2D eigenvalue weighted by atomic mass is 10.1. The van der Waals surface area contributed by atoms with Crippen molar-refractivity contribution in [3.63, 3.8) is 0 Å². The van der Waals surface area contributed by atoms with E-state index in [2.05, 4.69) is 0 Å². The zero-order chi connectivity index (χ0) is 11.5. The van der Waals surface area contributed by atoms with Crippen LogP contribution in [0.1, 0.15) is 30.6 Å². The second kappa shape index (κ2) is 4.63. The monoisotopic (exact) mass is 228 g/mol. The lowest BCUT2D eigenvalue weighted by Crippen LogP contribution is -2.21. The summed E-state index contributed by atoms with van der Waals surface area (Å²) in [4.78, 5) is 0. The zero-order valence-corrected chi connectivity index (χ0v) is 9.50. The maximum atomic E-state index is 11.4. The molecule has 5 heteroatoms. The fraction of sp³-hybridized carbons (Fsp3) is 0.400. The molecule has 1 atom stereocenters. The molecule has 15 heavy (non-hydrogen) atoms. The number of nitrogens with two attached hydrogens (primary N) is 2. The molecule has 4 nitrogen and oxygen atoms in total. The van der Waals surface area contributed by atoms with Crippen LogP contribution in [-0.4, -0.2) is 8.42 Å². The lowest BCUT2D eigenvalue weighted by molar-refractivity contribution is 0.575. The summed E-state index contributed by atoms with van der Waals surface area (Å²) >= 11 is 0. The molecule has 0 aliphatic rings. The minimum Gasteiger partial charge on any atom is -0.399 e. The van der Waals surface area contributed by atoms with Gasteiger partial charge in [0.2, 0.25) is 10.0 Å². The van der Waals surface area contributed by atoms with Gasteiger partial charge in [0.25, 0.3) is 0 Å². The molecule has 0 amide bonds. The number of hydrogen-bond donors (Lipinski definition) is 2. The number of anilines is 1. The van der Waals surface area contributed by atoms with Gasteiger partial charge in [-0.15, -0.1) is 0 Å². The average molecular weight is 228 g/mol. The molecule has 1 aromatic carbocycles. The van der Waals surface area contributed by atoms with E-state index in [4.69, 9.17) is 10.9 Å². The van der Waals surface area contributed by atoms with Gasteiger partial charge in [0.1, 0.15) is 5.25 Å². The first-order valence-corrected chi connectivity index (χ1v) is 6.43. The van der Waals surface area contributed by atoms with Gasteiger partial charge in [-0.1, -0.05) is 25.5 Å². The van der Waals surface area contributed by atoms with Crippen molar-refractivity contribution in [2.45, 2.75) is 25.0 Å². The van der Waals surface area contributed by atoms with Gasteiger partial charge in [0.05, 0.1) is 0 Å². The second-order valence-corrected chi connectivity index (χ2v) is 5.28. The molecule has 0 saturated heterocycles. The Kier molecular flexibility index (Phi) is 3.71. The van der Waals surface area contributed by atoms with Gasteiger partial charge in [-0.2, -0.15) is 0 Å². The Morgan fingerprint density at radius 3 is 2.53 bits per heavy atom. The lowest BCUT2D eigenvalue weighted by Gasteiger charge is -2.14. The van der Waals surface area contributed by atoms with Crippen LogP contribution in [0.25, 0.3) is 0 Å². The zero-order valence-electron chi connectivity index (χ0n) is 8.68. The minimum absolute atomic E-state index is 0.516. The summed E-state index contributed by atoms with van der Waals surface area (Å²) in [5.74, 6) is 0. The fourth-order valence-electron chi connectivity index (χ4n) is 1.54. The first kappa shape index (κ1) is 12.0. The standard InChI is InChI=1S/C10H16N2O2S/c1-2-4-10(15(12,13)14)8-5-3-6-9(11)7-8/h3,5-7,10H,2,4,11H2,1H3,(H2,12,13,14). The number of benzene rings is 1. The van der Waals surface area contributed by atoms with Crippen LogP contribution in [0.15, 0.2) is 24.3 Å². The van der Waals surface area contributed by atoms with E-state index in [1.807, 2.05) is 6.92 Å². The number of rotatable bonds is 4. The summed E-state index contributed by atoms with van der Waals surface area (Å²) in [6.07, 6.45) is 1.28. The van der Waals surface area contributed by atoms with E-state index in [-0.39, 0.29) is 0 Å². The Labute approximate surface area is 90.3 Å². The Balaban J connectivity index is 3.10. The van der Waals surface area contributed by atoms with Crippen molar-refractivity contribution in [1.82, 2.24) is 0 Å². The maximum absolute atomic E-state index is 11.4. The van der Waals surface area contributed by atoms with E-state index in [0.29, 0.717) is 17.7 Å². The Morgan fingerprint density at radius 1 is 1.40 bits per heavy atom. The van der Waals surface area contributed by atoms with E-state index in [9.17, 15) is 8.42 Å². The van der Waals surface area contributed by atoms with E-state index >= 15 is 0 Å². The average Bonchev–Trinajstić information content (AvgIpc) is 2.12. The summed E-state index contributed by atoms with van der Waals surface area (Å²) in [5, 5.41) is 4.53. The Bertz CT molecular complexity index is 429. The van der Waals surface area contributed by atoms with Gasteiger partial charge in [-0.05, 0) is 24.1 Å². The van der Waals surface area contributed by atoms with Crippen molar-refractivity contribution in [1.29, 1.82) is 0 Å². The molecule has 0 aromatic heterocycles. The third-order valence-electron chi connectivity index (χ3n) is 2.23. The number of sulfonamides is 1. The topological polar surface area (TPSA) is 86.2 Å². The molecular formula is C10H16N2O2S. The minimum atomic E-state index is -3.55. The van der Waals surface area contributed by atoms with Gasteiger partial charge in [0, 0.05) is 5.69 Å². The first-order chi connectivity index (χ1) is 6.95. The maximum Gasteiger partial charge on any atom is 0.216 e. The van der Waals surface area contributed by atoms with Gasteiger partial charge < -0.3 is 5.73 Å². The van der Waals surface area contributed by atoms with Crippen LogP contribution >= 0.6 is 0 Å². The van der Waals surface area contributed by atoms with Crippen molar-refractivity contribution < 1.29 is 8.42 Å². The molecule has 0 spiro atoms. The van der Waals surface area contributed by atoms with Crippen molar-refractivity contribution >= 4 is 15.7 Å². The molecule has 4 N–H and O–H groups in total. The summed E-state index contributed by atoms with van der Waals surface area (Å²) < 4.78 is 22.7. The highest BCUT2D eigenvalue weighted by atomic mass is 32.2. The van der Waals surface area contributed by atoms with Crippen molar-refractivity contribution in [3.05, 3.63) is 29.8 Å². The molecule has 0 bridgehead atoms.